The molecule has 2 rings (SSSR count). The van der Waals surface area contributed by atoms with Crippen molar-refractivity contribution in [3.8, 4) is 5.75 Å². The Morgan fingerprint density at radius 1 is 1.29 bits per heavy atom. The van der Waals surface area contributed by atoms with Crippen molar-refractivity contribution in [1.82, 2.24) is 10.2 Å². The van der Waals surface area contributed by atoms with Crippen LogP contribution in [0.1, 0.15) is 31.2 Å². The van der Waals surface area contributed by atoms with Crippen LogP contribution in [0.2, 0.25) is 0 Å². The summed E-state index contributed by atoms with van der Waals surface area (Å²) in [7, 11) is 0. The Bertz CT molecular complexity index is 554. The first-order chi connectivity index (χ1) is 11.6. The van der Waals surface area contributed by atoms with Gasteiger partial charge in [0.25, 0.3) is 0 Å². The van der Waals surface area contributed by atoms with E-state index in [4.69, 9.17) is 10.5 Å². The molecule has 1 aromatic carbocycles. The molecule has 3 N–H and O–H groups in total. The number of para-hydroxylation sites is 1. The number of aryl methyl sites for hydroxylation is 1. The molecular formula is C18H27N3O3. The van der Waals surface area contributed by atoms with E-state index in [1.54, 1.807) is 4.90 Å². The van der Waals surface area contributed by atoms with Gasteiger partial charge in [-0.2, -0.15) is 0 Å². The molecule has 3 amide bonds. The number of carbonyl (C=O) groups excluding carboxylic acids is 2. The predicted molar refractivity (Wildman–Crippen MR) is 92.8 cm³/mol. The van der Waals surface area contributed by atoms with Gasteiger partial charge in [-0.3, -0.25) is 4.79 Å². The molecule has 6 nitrogen and oxygen atoms in total. The second-order valence-corrected chi connectivity index (χ2v) is 6.30. The SMILES string of the molecule is Cc1ccccc1OCCCNC(=O)N1CCC(CC(N)=O)CC1. The minimum Gasteiger partial charge on any atom is -0.493 e. The molecule has 132 valence electrons. The van der Waals surface area contributed by atoms with E-state index in [-0.39, 0.29) is 11.9 Å². The van der Waals surface area contributed by atoms with Crippen LogP contribution in [-0.4, -0.2) is 43.1 Å². The van der Waals surface area contributed by atoms with Crippen molar-refractivity contribution in [2.45, 2.75) is 32.6 Å². The largest absolute Gasteiger partial charge is 0.493 e. The zero-order valence-corrected chi connectivity index (χ0v) is 14.3. The lowest BCUT2D eigenvalue weighted by Gasteiger charge is -2.31. The number of carbonyl (C=O) groups is 2. The summed E-state index contributed by atoms with van der Waals surface area (Å²) in [6.07, 6.45) is 2.86. The van der Waals surface area contributed by atoms with E-state index in [1.807, 2.05) is 31.2 Å². The molecule has 0 aliphatic carbocycles. The summed E-state index contributed by atoms with van der Waals surface area (Å²) in [6.45, 7) is 4.55. The second kappa shape index (κ2) is 9.15. The molecule has 0 spiro atoms. The summed E-state index contributed by atoms with van der Waals surface area (Å²) in [5.74, 6) is 0.945. The molecular weight excluding hydrogens is 306 g/mol. The number of primary amides is 1. The molecule has 0 bridgehead atoms. The van der Waals surface area contributed by atoms with Gasteiger partial charge in [0.15, 0.2) is 0 Å². The fourth-order valence-electron chi connectivity index (χ4n) is 2.90. The summed E-state index contributed by atoms with van der Waals surface area (Å²) < 4.78 is 5.71. The molecule has 1 aliphatic heterocycles. The number of hydrogen-bond donors (Lipinski definition) is 2. The molecule has 1 heterocycles. The number of nitrogens with one attached hydrogen (secondary N) is 1. The summed E-state index contributed by atoms with van der Waals surface area (Å²) in [4.78, 5) is 24.8. The van der Waals surface area contributed by atoms with Crippen molar-refractivity contribution >= 4 is 11.9 Å². The maximum atomic E-state index is 12.1. The third-order valence-corrected chi connectivity index (χ3v) is 4.34. The highest BCUT2D eigenvalue weighted by atomic mass is 16.5. The third kappa shape index (κ3) is 5.76. The smallest absolute Gasteiger partial charge is 0.317 e. The number of ether oxygens (including phenoxy) is 1. The number of urea groups is 1. The molecule has 0 aromatic heterocycles. The quantitative estimate of drug-likeness (QED) is 0.749. The topological polar surface area (TPSA) is 84.7 Å². The van der Waals surface area contributed by atoms with Crippen molar-refractivity contribution in [2.24, 2.45) is 11.7 Å². The van der Waals surface area contributed by atoms with Gasteiger partial charge in [-0.1, -0.05) is 18.2 Å². The first-order valence-electron chi connectivity index (χ1n) is 8.55. The molecule has 24 heavy (non-hydrogen) atoms. The average Bonchev–Trinajstić information content (AvgIpc) is 2.56. The molecule has 0 saturated carbocycles. The van der Waals surface area contributed by atoms with Gasteiger partial charge in [-0.05, 0) is 43.7 Å². The molecule has 0 unspecified atom stereocenters. The second-order valence-electron chi connectivity index (χ2n) is 6.30. The number of benzene rings is 1. The van der Waals surface area contributed by atoms with Crippen LogP contribution in [0.15, 0.2) is 24.3 Å². The minimum absolute atomic E-state index is 0.0385. The van der Waals surface area contributed by atoms with E-state index in [1.165, 1.54) is 0 Å². The summed E-state index contributed by atoms with van der Waals surface area (Å²) >= 11 is 0. The first kappa shape index (κ1) is 18.1. The van der Waals surface area contributed by atoms with Gasteiger partial charge in [-0.25, -0.2) is 4.79 Å². The lowest BCUT2D eigenvalue weighted by atomic mass is 9.93. The van der Waals surface area contributed by atoms with E-state index in [2.05, 4.69) is 5.32 Å². The number of piperidine rings is 1. The van der Waals surface area contributed by atoms with Crippen LogP contribution in [0.5, 0.6) is 5.75 Å². The van der Waals surface area contributed by atoms with Gasteiger partial charge in [0.05, 0.1) is 6.61 Å². The van der Waals surface area contributed by atoms with Gasteiger partial charge >= 0.3 is 6.03 Å². The zero-order valence-electron chi connectivity index (χ0n) is 14.3. The van der Waals surface area contributed by atoms with Crippen molar-refractivity contribution in [2.75, 3.05) is 26.2 Å². The number of nitrogens with zero attached hydrogens (tertiary/aromatic N) is 1. The van der Waals surface area contributed by atoms with Gasteiger partial charge in [0.1, 0.15) is 5.75 Å². The average molecular weight is 333 g/mol. The monoisotopic (exact) mass is 333 g/mol. The number of nitrogens with two attached hydrogens (primary N) is 1. The fourth-order valence-corrected chi connectivity index (χ4v) is 2.90. The van der Waals surface area contributed by atoms with Crippen LogP contribution in [0.3, 0.4) is 0 Å². The van der Waals surface area contributed by atoms with Crippen molar-refractivity contribution in [3.05, 3.63) is 29.8 Å². The number of hydrogen-bond acceptors (Lipinski definition) is 3. The van der Waals surface area contributed by atoms with E-state index >= 15 is 0 Å². The van der Waals surface area contributed by atoms with Gasteiger partial charge < -0.3 is 20.7 Å². The Hall–Kier alpha value is -2.24. The summed E-state index contributed by atoms with van der Waals surface area (Å²) in [5.41, 5.74) is 6.33. The highest BCUT2D eigenvalue weighted by molar-refractivity contribution is 5.75. The lowest BCUT2D eigenvalue weighted by molar-refractivity contribution is -0.119. The Kier molecular flexibility index (Phi) is 6.90. The van der Waals surface area contributed by atoms with Gasteiger partial charge in [0, 0.05) is 26.1 Å². The van der Waals surface area contributed by atoms with Gasteiger partial charge in [-0.15, -0.1) is 0 Å². The van der Waals surface area contributed by atoms with Crippen LogP contribution < -0.4 is 15.8 Å². The standard InChI is InChI=1S/C18H27N3O3/c1-14-5-2-3-6-16(14)24-12-4-9-20-18(23)21-10-7-15(8-11-21)13-17(19)22/h2-3,5-6,15H,4,7-13H2,1H3,(H2,19,22)(H,20,23). The molecule has 1 fully saturated rings. The van der Waals surface area contributed by atoms with Crippen molar-refractivity contribution < 1.29 is 14.3 Å². The van der Waals surface area contributed by atoms with Crippen molar-refractivity contribution in [3.63, 3.8) is 0 Å². The molecule has 6 heteroatoms. The maximum Gasteiger partial charge on any atom is 0.317 e. The van der Waals surface area contributed by atoms with Crippen LogP contribution >= 0.6 is 0 Å². The van der Waals surface area contributed by atoms with Crippen LogP contribution in [0.4, 0.5) is 4.79 Å². The predicted octanol–water partition coefficient (Wildman–Crippen LogP) is 2.06. The fraction of sp³-hybridized carbons (Fsp3) is 0.556. The summed E-state index contributed by atoms with van der Waals surface area (Å²) in [6, 6.07) is 7.85. The summed E-state index contributed by atoms with van der Waals surface area (Å²) in [5, 5.41) is 2.92. The van der Waals surface area contributed by atoms with Crippen LogP contribution in [0.25, 0.3) is 0 Å². The highest BCUT2D eigenvalue weighted by Crippen LogP contribution is 2.20. The number of amides is 3. The Labute approximate surface area is 143 Å². The normalized spacial score (nSPS) is 15.1. The van der Waals surface area contributed by atoms with E-state index in [0.29, 0.717) is 38.6 Å². The van der Waals surface area contributed by atoms with E-state index in [9.17, 15) is 9.59 Å². The Balaban J connectivity index is 1.59. The zero-order chi connectivity index (χ0) is 17.4. The van der Waals surface area contributed by atoms with E-state index in [0.717, 1.165) is 30.6 Å². The molecule has 1 aliphatic rings. The van der Waals surface area contributed by atoms with Gasteiger partial charge in [0.2, 0.25) is 5.91 Å². The molecule has 0 radical (unpaired) electrons. The van der Waals surface area contributed by atoms with Crippen molar-refractivity contribution in [1.29, 1.82) is 0 Å². The minimum atomic E-state index is -0.258. The van der Waals surface area contributed by atoms with Crippen LogP contribution in [-0.2, 0) is 4.79 Å². The number of rotatable bonds is 7. The number of likely N-dealkylation sites (tertiary alicyclic amines) is 1. The first-order valence-corrected chi connectivity index (χ1v) is 8.55. The molecule has 0 atom stereocenters. The van der Waals surface area contributed by atoms with E-state index < -0.39 is 0 Å². The molecule has 1 saturated heterocycles. The molecule has 1 aromatic rings. The van der Waals surface area contributed by atoms with Crippen LogP contribution in [0, 0.1) is 12.8 Å². The maximum absolute atomic E-state index is 12.1. The third-order valence-electron chi connectivity index (χ3n) is 4.34. The Morgan fingerprint density at radius 2 is 2.00 bits per heavy atom. The highest BCUT2D eigenvalue weighted by Gasteiger charge is 2.23. The Morgan fingerprint density at radius 3 is 2.67 bits per heavy atom. The lowest BCUT2D eigenvalue weighted by Crippen LogP contribution is -2.45.